The highest BCUT2D eigenvalue weighted by molar-refractivity contribution is 9.10. The molecule has 2 heterocycles. The number of nitrogens with one attached hydrogen (secondary N) is 1. The van der Waals surface area contributed by atoms with E-state index in [0.717, 1.165) is 14.9 Å². The molecule has 29 heavy (non-hydrogen) atoms. The number of benzene rings is 2. The number of anilines is 1. The summed E-state index contributed by atoms with van der Waals surface area (Å²) in [4.78, 5) is 44.2. The number of carbonyl (C=O) groups excluding carboxylic acids is 3. The number of rotatable bonds is 5. The first-order valence-electron chi connectivity index (χ1n) is 8.98. The van der Waals surface area contributed by atoms with Crippen LogP contribution >= 0.6 is 15.9 Å². The van der Waals surface area contributed by atoms with Gasteiger partial charge in [0.2, 0.25) is 5.91 Å². The highest BCUT2D eigenvalue weighted by atomic mass is 79.9. The Morgan fingerprint density at radius 1 is 0.931 bits per heavy atom. The van der Waals surface area contributed by atoms with Crippen molar-refractivity contribution in [1.29, 1.82) is 0 Å². The number of fused-ring (bicyclic) bond motifs is 1. The van der Waals surface area contributed by atoms with E-state index in [-0.39, 0.29) is 6.42 Å². The van der Waals surface area contributed by atoms with E-state index in [1.807, 2.05) is 24.3 Å². The average Bonchev–Trinajstić information content (AvgIpc) is 2.99. The predicted octanol–water partition coefficient (Wildman–Crippen LogP) is 3.69. The largest absolute Gasteiger partial charge is 0.309 e. The van der Waals surface area contributed by atoms with Crippen molar-refractivity contribution in [2.24, 2.45) is 0 Å². The summed E-state index contributed by atoms with van der Waals surface area (Å²) in [5.74, 6) is -1.05. The van der Waals surface area contributed by atoms with Crippen LogP contribution in [-0.4, -0.2) is 33.6 Å². The Morgan fingerprint density at radius 2 is 1.55 bits per heavy atom. The van der Waals surface area contributed by atoms with Crippen molar-refractivity contribution >= 4 is 39.5 Å². The monoisotopic (exact) mass is 449 g/mol. The number of hydrogen-bond acceptors (Lipinski definition) is 4. The van der Waals surface area contributed by atoms with Gasteiger partial charge in [0.15, 0.2) is 0 Å². The lowest BCUT2D eigenvalue weighted by Gasteiger charge is -2.25. The van der Waals surface area contributed by atoms with Crippen molar-refractivity contribution in [3.63, 3.8) is 0 Å². The van der Waals surface area contributed by atoms with E-state index in [0.29, 0.717) is 16.9 Å². The molecule has 0 aliphatic carbocycles. The first-order valence-corrected chi connectivity index (χ1v) is 9.77. The molecule has 3 amide bonds. The molecule has 1 N–H and O–H groups in total. The number of hydrogen-bond donors (Lipinski definition) is 1. The molecule has 7 heteroatoms. The molecule has 6 nitrogen and oxygen atoms in total. The molecule has 0 bridgehead atoms. The summed E-state index contributed by atoms with van der Waals surface area (Å²) in [7, 11) is 0. The summed E-state index contributed by atoms with van der Waals surface area (Å²) < 4.78 is 0.900. The summed E-state index contributed by atoms with van der Waals surface area (Å²) in [6.45, 7) is 0. The minimum atomic E-state index is -1.01. The lowest BCUT2D eigenvalue weighted by Crippen LogP contribution is -2.48. The number of imide groups is 1. The van der Waals surface area contributed by atoms with Crippen LogP contribution in [0.4, 0.5) is 5.82 Å². The topological polar surface area (TPSA) is 79.4 Å². The zero-order valence-corrected chi connectivity index (χ0v) is 16.8. The average molecular weight is 450 g/mol. The Kier molecular flexibility index (Phi) is 5.22. The zero-order valence-electron chi connectivity index (χ0n) is 15.2. The van der Waals surface area contributed by atoms with Crippen LogP contribution < -0.4 is 5.32 Å². The Balaban J connectivity index is 1.68. The van der Waals surface area contributed by atoms with Gasteiger partial charge in [-0.1, -0.05) is 46.3 Å². The molecule has 1 aliphatic rings. The molecule has 0 saturated heterocycles. The lowest BCUT2D eigenvalue weighted by molar-refractivity contribution is -0.120. The molecule has 0 saturated carbocycles. The fourth-order valence-electron chi connectivity index (χ4n) is 3.28. The van der Waals surface area contributed by atoms with Crippen LogP contribution in [0.3, 0.4) is 0 Å². The molecular weight excluding hydrogens is 434 g/mol. The van der Waals surface area contributed by atoms with Crippen LogP contribution in [0.5, 0.6) is 0 Å². The highest BCUT2D eigenvalue weighted by Crippen LogP contribution is 2.26. The second-order valence-corrected chi connectivity index (χ2v) is 7.49. The Bertz CT molecular complexity index is 1050. The van der Waals surface area contributed by atoms with Gasteiger partial charge in [0.25, 0.3) is 11.8 Å². The van der Waals surface area contributed by atoms with Gasteiger partial charge in [0, 0.05) is 17.1 Å². The summed E-state index contributed by atoms with van der Waals surface area (Å²) >= 11 is 3.38. The maximum Gasteiger partial charge on any atom is 0.262 e. The number of halogens is 1. The highest BCUT2D eigenvalue weighted by Gasteiger charge is 2.42. The number of pyridine rings is 1. The van der Waals surface area contributed by atoms with Crippen LogP contribution in [0.25, 0.3) is 0 Å². The van der Waals surface area contributed by atoms with Crippen molar-refractivity contribution in [1.82, 2.24) is 9.88 Å². The van der Waals surface area contributed by atoms with Crippen molar-refractivity contribution in [2.75, 3.05) is 5.32 Å². The van der Waals surface area contributed by atoms with Crippen LogP contribution in [0.1, 0.15) is 26.3 Å². The SMILES string of the molecule is O=C(Nc1ccccn1)C(Cc1ccc(Br)cc1)N1C(=O)c2ccccc2C1=O. The number of nitrogens with zero attached hydrogens (tertiary/aromatic N) is 2. The standard InChI is InChI=1S/C22H16BrN3O3/c23-15-10-8-14(9-11-15)13-18(20(27)25-19-7-3-4-12-24-19)26-21(28)16-5-1-2-6-17(16)22(26)29/h1-12,18H,13H2,(H,24,25,27). The van der Waals surface area contributed by atoms with Gasteiger partial charge < -0.3 is 5.32 Å². The smallest absolute Gasteiger partial charge is 0.262 e. The molecule has 4 rings (SSSR count). The number of carbonyl (C=O) groups is 3. The van der Waals surface area contributed by atoms with Gasteiger partial charge in [-0.05, 0) is 42.0 Å². The van der Waals surface area contributed by atoms with E-state index in [2.05, 4.69) is 26.2 Å². The normalized spacial score (nSPS) is 13.9. The van der Waals surface area contributed by atoms with Gasteiger partial charge in [0.1, 0.15) is 11.9 Å². The van der Waals surface area contributed by atoms with Gasteiger partial charge in [-0.2, -0.15) is 0 Å². The van der Waals surface area contributed by atoms with Crippen molar-refractivity contribution in [3.8, 4) is 0 Å². The van der Waals surface area contributed by atoms with Gasteiger partial charge in [-0.3, -0.25) is 19.3 Å². The van der Waals surface area contributed by atoms with Gasteiger partial charge in [-0.25, -0.2) is 4.98 Å². The third-order valence-corrected chi connectivity index (χ3v) is 5.23. The molecule has 0 radical (unpaired) electrons. The quantitative estimate of drug-likeness (QED) is 0.602. The van der Waals surface area contributed by atoms with Crippen LogP contribution in [-0.2, 0) is 11.2 Å². The Labute approximate surface area is 175 Å². The molecule has 1 atom stereocenters. The van der Waals surface area contributed by atoms with Crippen molar-refractivity contribution in [3.05, 3.63) is 94.1 Å². The van der Waals surface area contributed by atoms with Gasteiger partial charge in [-0.15, -0.1) is 0 Å². The van der Waals surface area contributed by atoms with E-state index >= 15 is 0 Å². The van der Waals surface area contributed by atoms with Crippen LogP contribution in [0, 0.1) is 0 Å². The third kappa shape index (κ3) is 3.82. The first kappa shape index (κ1) is 19.0. The Hall–Kier alpha value is -3.32. The van der Waals surface area contributed by atoms with Crippen LogP contribution in [0.2, 0.25) is 0 Å². The molecule has 1 aliphatic heterocycles. The number of amides is 3. The van der Waals surface area contributed by atoms with Crippen LogP contribution in [0.15, 0.2) is 77.4 Å². The van der Waals surface area contributed by atoms with E-state index in [1.165, 1.54) is 0 Å². The fraction of sp³-hybridized carbons (Fsp3) is 0.0909. The molecule has 0 fully saturated rings. The predicted molar refractivity (Wildman–Crippen MR) is 111 cm³/mol. The van der Waals surface area contributed by atoms with Gasteiger partial charge >= 0.3 is 0 Å². The summed E-state index contributed by atoms with van der Waals surface area (Å²) in [6, 6.07) is 18.1. The first-order chi connectivity index (χ1) is 14.0. The lowest BCUT2D eigenvalue weighted by atomic mass is 10.0. The van der Waals surface area contributed by atoms with E-state index < -0.39 is 23.8 Å². The van der Waals surface area contributed by atoms with Crippen molar-refractivity contribution < 1.29 is 14.4 Å². The van der Waals surface area contributed by atoms with Crippen molar-refractivity contribution in [2.45, 2.75) is 12.5 Å². The van der Waals surface area contributed by atoms with Gasteiger partial charge in [0.05, 0.1) is 11.1 Å². The van der Waals surface area contributed by atoms with E-state index in [4.69, 9.17) is 0 Å². The zero-order chi connectivity index (χ0) is 20.4. The molecule has 144 valence electrons. The molecule has 1 unspecified atom stereocenters. The fourth-order valence-corrected chi connectivity index (χ4v) is 3.55. The third-order valence-electron chi connectivity index (χ3n) is 4.70. The molecule has 3 aromatic rings. The second kappa shape index (κ2) is 7.97. The summed E-state index contributed by atoms with van der Waals surface area (Å²) in [5.41, 5.74) is 1.44. The maximum atomic E-state index is 13.1. The molecular formula is C22H16BrN3O3. The van der Waals surface area contributed by atoms with E-state index in [9.17, 15) is 14.4 Å². The van der Waals surface area contributed by atoms with E-state index in [1.54, 1.807) is 48.7 Å². The molecule has 0 spiro atoms. The summed E-state index contributed by atoms with van der Waals surface area (Å²) in [5, 5.41) is 2.71. The second-order valence-electron chi connectivity index (χ2n) is 6.58. The minimum Gasteiger partial charge on any atom is -0.309 e. The molecule has 1 aromatic heterocycles. The maximum absolute atomic E-state index is 13.1. The minimum absolute atomic E-state index is 0.192. The summed E-state index contributed by atoms with van der Waals surface area (Å²) in [6.07, 6.45) is 1.75. The Morgan fingerprint density at radius 3 is 2.14 bits per heavy atom. The number of aromatic nitrogens is 1. The molecule has 2 aromatic carbocycles.